The highest BCUT2D eigenvalue weighted by Crippen LogP contribution is 2.34. The highest BCUT2D eigenvalue weighted by atomic mass is 19.1. The SMILES string of the molecule is Cc1c(C(=O)O)ccc(F)c1-c1ccccc1O. The third-order valence-corrected chi connectivity index (χ3v) is 2.82. The van der Waals surface area contributed by atoms with E-state index in [2.05, 4.69) is 0 Å². The van der Waals surface area contributed by atoms with E-state index in [4.69, 9.17) is 5.11 Å². The van der Waals surface area contributed by atoms with Crippen molar-refractivity contribution in [2.24, 2.45) is 0 Å². The number of para-hydroxylation sites is 1. The van der Waals surface area contributed by atoms with Gasteiger partial charge in [0.1, 0.15) is 11.6 Å². The quantitative estimate of drug-likeness (QED) is 0.855. The molecule has 0 amide bonds. The van der Waals surface area contributed by atoms with Crippen LogP contribution in [0.2, 0.25) is 0 Å². The zero-order valence-electron chi connectivity index (χ0n) is 9.64. The van der Waals surface area contributed by atoms with Gasteiger partial charge in [0.25, 0.3) is 0 Å². The number of benzene rings is 2. The Morgan fingerprint density at radius 1 is 1.17 bits per heavy atom. The largest absolute Gasteiger partial charge is 0.507 e. The molecular formula is C14H11FO3. The summed E-state index contributed by atoms with van der Waals surface area (Å²) in [5, 5.41) is 18.7. The fourth-order valence-corrected chi connectivity index (χ4v) is 1.93. The lowest BCUT2D eigenvalue weighted by Crippen LogP contribution is -2.02. The number of aromatic hydroxyl groups is 1. The zero-order valence-corrected chi connectivity index (χ0v) is 9.64. The molecule has 0 saturated heterocycles. The van der Waals surface area contributed by atoms with Crippen molar-refractivity contribution < 1.29 is 19.4 Å². The lowest BCUT2D eigenvalue weighted by Gasteiger charge is -2.11. The first kappa shape index (κ1) is 12.1. The fraction of sp³-hybridized carbons (Fsp3) is 0.0714. The van der Waals surface area contributed by atoms with Crippen LogP contribution in [0.3, 0.4) is 0 Å². The Hall–Kier alpha value is -2.36. The third-order valence-electron chi connectivity index (χ3n) is 2.82. The summed E-state index contributed by atoms with van der Waals surface area (Å²) in [6.45, 7) is 1.52. The van der Waals surface area contributed by atoms with Gasteiger partial charge in [-0.1, -0.05) is 18.2 Å². The number of phenols is 1. The average molecular weight is 246 g/mol. The molecule has 0 aliphatic heterocycles. The van der Waals surface area contributed by atoms with Crippen LogP contribution < -0.4 is 0 Å². The molecule has 4 heteroatoms. The summed E-state index contributed by atoms with van der Waals surface area (Å²) in [5.74, 6) is -1.76. The zero-order chi connectivity index (χ0) is 13.3. The maximum absolute atomic E-state index is 13.9. The van der Waals surface area contributed by atoms with E-state index in [0.29, 0.717) is 5.56 Å². The molecule has 2 rings (SSSR count). The van der Waals surface area contributed by atoms with Gasteiger partial charge in [-0.3, -0.25) is 0 Å². The van der Waals surface area contributed by atoms with E-state index in [1.807, 2.05) is 0 Å². The average Bonchev–Trinajstić information content (AvgIpc) is 2.31. The molecule has 0 saturated carbocycles. The van der Waals surface area contributed by atoms with Crippen LogP contribution in [0.15, 0.2) is 36.4 Å². The number of hydrogen-bond donors (Lipinski definition) is 2. The standard InChI is InChI=1S/C14H11FO3/c1-8-9(14(17)18)6-7-11(15)13(8)10-4-2-3-5-12(10)16/h2-7,16H,1H3,(H,17,18). The number of carboxylic acids is 1. The molecule has 0 radical (unpaired) electrons. The van der Waals surface area contributed by atoms with E-state index in [9.17, 15) is 14.3 Å². The van der Waals surface area contributed by atoms with Crippen LogP contribution in [-0.4, -0.2) is 16.2 Å². The van der Waals surface area contributed by atoms with Crippen molar-refractivity contribution in [2.45, 2.75) is 6.92 Å². The molecule has 2 aromatic rings. The van der Waals surface area contributed by atoms with Gasteiger partial charge in [-0.05, 0) is 30.7 Å². The number of halogens is 1. The summed E-state index contributed by atoms with van der Waals surface area (Å²) in [5.41, 5.74) is 0.724. The highest BCUT2D eigenvalue weighted by Gasteiger charge is 2.17. The monoisotopic (exact) mass is 246 g/mol. The van der Waals surface area contributed by atoms with Gasteiger partial charge in [0, 0.05) is 11.1 Å². The van der Waals surface area contributed by atoms with Gasteiger partial charge >= 0.3 is 5.97 Å². The summed E-state index contributed by atoms with van der Waals surface area (Å²) in [6.07, 6.45) is 0. The molecule has 0 aromatic heterocycles. The second-order valence-corrected chi connectivity index (χ2v) is 3.92. The Bertz CT molecular complexity index is 620. The number of phenolic OH excluding ortho intramolecular Hbond substituents is 1. The maximum atomic E-state index is 13.9. The van der Waals surface area contributed by atoms with Crippen molar-refractivity contribution in [3.8, 4) is 16.9 Å². The minimum absolute atomic E-state index is 0.0228. The maximum Gasteiger partial charge on any atom is 0.335 e. The summed E-state index contributed by atoms with van der Waals surface area (Å²) < 4.78 is 13.9. The molecule has 2 aromatic carbocycles. The topological polar surface area (TPSA) is 57.5 Å². The van der Waals surface area contributed by atoms with Crippen LogP contribution in [0.4, 0.5) is 4.39 Å². The Balaban J connectivity index is 2.75. The third kappa shape index (κ3) is 1.93. The Morgan fingerprint density at radius 3 is 2.44 bits per heavy atom. The van der Waals surface area contributed by atoms with Gasteiger partial charge in [0.15, 0.2) is 0 Å². The number of carbonyl (C=O) groups is 1. The van der Waals surface area contributed by atoms with Gasteiger partial charge < -0.3 is 10.2 Å². The Labute approximate surface area is 103 Å². The highest BCUT2D eigenvalue weighted by molar-refractivity contribution is 5.92. The van der Waals surface area contributed by atoms with E-state index in [-0.39, 0.29) is 22.4 Å². The first-order valence-electron chi connectivity index (χ1n) is 5.33. The molecule has 0 atom stereocenters. The van der Waals surface area contributed by atoms with Crippen molar-refractivity contribution in [3.63, 3.8) is 0 Å². The van der Waals surface area contributed by atoms with Gasteiger partial charge in [-0.25, -0.2) is 9.18 Å². The van der Waals surface area contributed by atoms with E-state index >= 15 is 0 Å². The fourth-order valence-electron chi connectivity index (χ4n) is 1.93. The van der Waals surface area contributed by atoms with Gasteiger partial charge in [-0.2, -0.15) is 0 Å². The van der Waals surface area contributed by atoms with Crippen molar-refractivity contribution >= 4 is 5.97 Å². The minimum Gasteiger partial charge on any atom is -0.507 e. The Kier molecular flexibility index (Phi) is 3.02. The molecule has 0 aliphatic carbocycles. The van der Waals surface area contributed by atoms with E-state index in [1.54, 1.807) is 18.2 Å². The predicted octanol–water partition coefficient (Wildman–Crippen LogP) is 3.20. The molecule has 3 nitrogen and oxygen atoms in total. The molecule has 2 N–H and O–H groups in total. The van der Waals surface area contributed by atoms with Gasteiger partial charge in [0.2, 0.25) is 0 Å². The number of rotatable bonds is 2. The normalized spacial score (nSPS) is 10.3. The van der Waals surface area contributed by atoms with Crippen molar-refractivity contribution in [3.05, 3.63) is 53.3 Å². The molecule has 0 aliphatic rings. The number of carboxylic acid groups (broad SMARTS) is 1. The Morgan fingerprint density at radius 2 is 1.83 bits per heavy atom. The first-order chi connectivity index (χ1) is 8.52. The summed E-state index contributed by atoms with van der Waals surface area (Å²) >= 11 is 0. The molecular weight excluding hydrogens is 235 g/mol. The molecule has 0 bridgehead atoms. The summed E-state index contributed by atoms with van der Waals surface area (Å²) in [6, 6.07) is 8.57. The van der Waals surface area contributed by atoms with Crippen LogP contribution in [0.25, 0.3) is 11.1 Å². The summed E-state index contributed by atoms with van der Waals surface area (Å²) in [7, 11) is 0. The number of aromatic carboxylic acids is 1. The molecule has 0 spiro atoms. The lowest BCUT2D eigenvalue weighted by atomic mass is 9.95. The van der Waals surface area contributed by atoms with Crippen LogP contribution >= 0.6 is 0 Å². The second-order valence-electron chi connectivity index (χ2n) is 3.92. The smallest absolute Gasteiger partial charge is 0.335 e. The van der Waals surface area contributed by atoms with Gasteiger partial charge in [-0.15, -0.1) is 0 Å². The molecule has 0 unspecified atom stereocenters. The summed E-state index contributed by atoms with van der Waals surface area (Å²) in [4.78, 5) is 11.0. The lowest BCUT2D eigenvalue weighted by molar-refractivity contribution is 0.0696. The minimum atomic E-state index is -1.12. The molecule has 0 fully saturated rings. The van der Waals surface area contributed by atoms with Gasteiger partial charge in [0.05, 0.1) is 5.56 Å². The van der Waals surface area contributed by atoms with Crippen LogP contribution in [0.1, 0.15) is 15.9 Å². The van der Waals surface area contributed by atoms with Crippen LogP contribution in [0, 0.1) is 12.7 Å². The predicted molar refractivity (Wildman–Crippen MR) is 65.2 cm³/mol. The van der Waals surface area contributed by atoms with E-state index in [1.165, 1.54) is 19.1 Å². The van der Waals surface area contributed by atoms with Crippen molar-refractivity contribution in [2.75, 3.05) is 0 Å². The first-order valence-corrected chi connectivity index (χ1v) is 5.33. The number of hydrogen-bond acceptors (Lipinski definition) is 2. The van der Waals surface area contributed by atoms with E-state index in [0.717, 1.165) is 6.07 Å². The molecule has 92 valence electrons. The van der Waals surface area contributed by atoms with Crippen molar-refractivity contribution in [1.82, 2.24) is 0 Å². The molecule has 0 heterocycles. The van der Waals surface area contributed by atoms with Crippen LogP contribution in [-0.2, 0) is 0 Å². The van der Waals surface area contributed by atoms with Crippen molar-refractivity contribution in [1.29, 1.82) is 0 Å². The second kappa shape index (κ2) is 4.49. The van der Waals surface area contributed by atoms with E-state index < -0.39 is 11.8 Å². The van der Waals surface area contributed by atoms with Crippen LogP contribution in [0.5, 0.6) is 5.75 Å². The molecule has 18 heavy (non-hydrogen) atoms.